The Morgan fingerprint density at radius 2 is 2.17 bits per heavy atom. The molecule has 72 valence electrons. The predicted octanol–water partition coefficient (Wildman–Crippen LogP) is 1.75. The second-order valence-electron chi connectivity index (χ2n) is 4.60. The molecule has 1 rings (SSSR count). The Kier molecular flexibility index (Phi) is 3.13. The van der Waals surface area contributed by atoms with Gasteiger partial charge in [-0.2, -0.15) is 0 Å². The zero-order valence-electron chi connectivity index (χ0n) is 8.76. The highest BCUT2D eigenvalue weighted by Gasteiger charge is 2.34. The minimum Gasteiger partial charge on any atom is -0.380 e. The summed E-state index contributed by atoms with van der Waals surface area (Å²) in [5.74, 6) is 0. The lowest BCUT2D eigenvalue weighted by atomic mass is 9.91. The minimum atomic E-state index is 0.483. The van der Waals surface area contributed by atoms with Gasteiger partial charge < -0.3 is 9.64 Å². The average molecular weight is 171 g/mol. The SMILES string of the molecule is CCOC[C@@H]1CC(C)(C)CN1C. The summed E-state index contributed by atoms with van der Waals surface area (Å²) in [6, 6.07) is 0.639. The van der Waals surface area contributed by atoms with Crippen molar-refractivity contribution >= 4 is 0 Å². The Hall–Kier alpha value is -0.0800. The van der Waals surface area contributed by atoms with E-state index in [1.54, 1.807) is 0 Å². The molecule has 0 radical (unpaired) electrons. The van der Waals surface area contributed by atoms with Crippen molar-refractivity contribution in [3.05, 3.63) is 0 Å². The Bertz CT molecular complexity index is 145. The van der Waals surface area contributed by atoms with Crippen LogP contribution in [0.2, 0.25) is 0 Å². The van der Waals surface area contributed by atoms with Crippen molar-refractivity contribution in [1.82, 2.24) is 4.90 Å². The van der Waals surface area contributed by atoms with Crippen molar-refractivity contribution in [2.45, 2.75) is 33.2 Å². The third-order valence-corrected chi connectivity index (χ3v) is 2.60. The molecule has 0 spiro atoms. The van der Waals surface area contributed by atoms with Gasteiger partial charge in [0.1, 0.15) is 0 Å². The van der Waals surface area contributed by atoms with E-state index in [4.69, 9.17) is 4.74 Å². The minimum absolute atomic E-state index is 0.483. The van der Waals surface area contributed by atoms with Gasteiger partial charge in [-0.1, -0.05) is 13.8 Å². The topological polar surface area (TPSA) is 12.5 Å². The maximum absolute atomic E-state index is 5.44. The van der Waals surface area contributed by atoms with Gasteiger partial charge in [0.25, 0.3) is 0 Å². The Balaban J connectivity index is 2.36. The quantitative estimate of drug-likeness (QED) is 0.641. The molecule has 0 saturated carbocycles. The highest BCUT2D eigenvalue weighted by molar-refractivity contribution is 4.88. The van der Waals surface area contributed by atoms with Crippen LogP contribution in [-0.4, -0.2) is 37.7 Å². The highest BCUT2D eigenvalue weighted by atomic mass is 16.5. The van der Waals surface area contributed by atoms with E-state index >= 15 is 0 Å². The predicted molar refractivity (Wildman–Crippen MR) is 51.3 cm³/mol. The van der Waals surface area contributed by atoms with Gasteiger partial charge in [-0.25, -0.2) is 0 Å². The van der Waals surface area contributed by atoms with E-state index in [9.17, 15) is 0 Å². The highest BCUT2D eigenvalue weighted by Crippen LogP contribution is 2.32. The maximum Gasteiger partial charge on any atom is 0.0621 e. The normalized spacial score (nSPS) is 29.5. The fourth-order valence-electron chi connectivity index (χ4n) is 2.10. The third kappa shape index (κ3) is 2.46. The molecule has 0 aliphatic carbocycles. The lowest BCUT2D eigenvalue weighted by Gasteiger charge is -2.18. The lowest BCUT2D eigenvalue weighted by Crippen LogP contribution is -2.29. The number of rotatable bonds is 3. The summed E-state index contributed by atoms with van der Waals surface area (Å²) in [6.45, 7) is 9.65. The zero-order chi connectivity index (χ0) is 9.19. The number of nitrogens with zero attached hydrogens (tertiary/aromatic N) is 1. The fourth-order valence-corrected chi connectivity index (χ4v) is 2.10. The molecule has 0 N–H and O–H groups in total. The van der Waals surface area contributed by atoms with Crippen molar-refractivity contribution in [1.29, 1.82) is 0 Å². The number of likely N-dealkylation sites (tertiary alicyclic amines) is 1. The van der Waals surface area contributed by atoms with E-state index in [-0.39, 0.29) is 0 Å². The molecule has 1 aliphatic heterocycles. The van der Waals surface area contributed by atoms with Crippen molar-refractivity contribution < 1.29 is 4.74 Å². The molecule has 2 nitrogen and oxygen atoms in total. The molecule has 0 aromatic rings. The van der Waals surface area contributed by atoms with Crippen LogP contribution in [0.5, 0.6) is 0 Å². The molecule has 12 heavy (non-hydrogen) atoms. The second kappa shape index (κ2) is 3.75. The summed E-state index contributed by atoms with van der Waals surface area (Å²) in [6.07, 6.45) is 1.27. The molecule has 0 aromatic heterocycles. The Labute approximate surface area is 75.9 Å². The Morgan fingerprint density at radius 1 is 1.50 bits per heavy atom. The first-order chi connectivity index (χ1) is 5.55. The summed E-state index contributed by atoms with van der Waals surface area (Å²) in [7, 11) is 2.19. The number of hydrogen-bond donors (Lipinski definition) is 0. The lowest BCUT2D eigenvalue weighted by molar-refractivity contribution is 0.0949. The summed E-state index contributed by atoms with van der Waals surface area (Å²) < 4.78 is 5.44. The van der Waals surface area contributed by atoms with Gasteiger partial charge >= 0.3 is 0 Å². The molecule has 0 bridgehead atoms. The van der Waals surface area contributed by atoms with E-state index in [0.29, 0.717) is 11.5 Å². The van der Waals surface area contributed by atoms with Crippen molar-refractivity contribution in [2.75, 3.05) is 26.8 Å². The molecule has 1 saturated heterocycles. The van der Waals surface area contributed by atoms with Gasteiger partial charge in [0, 0.05) is 19.2 Å². The van der Waals surface area contributed by atoms with E-state index in [2.05, 4.69) is 32.7 Å². The molecule has 0 amide bonds. The van der Waals surface area contributed by atoms with Gasteiger partial charge in [-0.15, -0.1) is 0 Å². The van der Waals surface area contributed by atoms with Crippen LogP contribution < -0.4 is 0 Å². The average Bonchev–Trinajstić information content (AvgIpc) is 2.20. The first-order valence-electron chi connectivity index (χ1n) is 4.83. The van der Waals surface area contributed by atoms with Gasteiger partial charge in [0.2, 0.25) is 0 Å². The Morgan fingerprint density at radius 3 is 2.58 bits per heavy atom. The smallest absolute Gasteiger partial charge is 0.0621 e. The molecular weight excluding hydrogens is 150 g/mol. The molecule has 1 fully saturated rings. The number of hydrogen-bond acceptors (Lipinski definition) is 2. The maximum atomic E-state index is 5.44. The van der Waals surface area contributed by atoms with E-state index in [0.717, 1.165) is 13.2 Å². The van der Waals surface area contributed by atoms with Crippen molar-refractivity contribution in [2.24, 2.45) is 5.41 Å². The summed E-state index contributed by atoms with van der Waals surface area (Å²) in [5.41, 5.74) is 0.483. The monoisotopic (exact) mass is 171 g/mol. The first-order valence-corrected chi connectivity index (χ1v) is 4.83. The van der Waals surface area contributed by atoms with Crippen LogP contribution in [-0.2, 0) is 4.74 Å². The van der Waals surface area contributed by atoms with Gasteiger partial charge in [0.05, 0.1) is 6.61 Å². The molecular formula is C10H21NO. The van der Waals surface area contributed by atoms with Crippen molar-refractivity contribution in [3.63, 3.8) is 0 Å². The van der Waals surface area contributed by atoms with Crippen molar-refractivity contribution in [3.8, 4) is 0 Å². The van der Waals surface area contributed by atoms with Crippen LogP contribution in [0.15, 0.2) is 0 Å². The molecule has 0 unspecified atom stereocenters. The van der Waals surface area contributed by atoms with E-state index in [1.807, 2.05) is 0 Å². The van der Waals surface area contributed by atoms with Gasteiger partial charge in [0.15, 0.2) is 0 Å². The largest absolute Gasteiger partial charge is 0.380 e. The molecule has 2 heteroatoms. The third-order valence-electron chi connectivity index (χ3n) is 2.60. The van der Waals surface area contributed by atoms with Crippen LogP contribution in [0.1, 0.15) is 27.2 Å². The molecule has 1 aliphatic rings. The van der Waals surface area contributed by atoms with Crippen LogP contribution in [0.4, 0.5) is 0 Å². The van der Waals surface area contributed by atoms with Crippen LogP contribution in [0, 0.1) is 5.41 Å². The molecule has 0 aromatic carbocycles. The van der Waals surface area contributed by atoms with E-state index in [1.165, 1.54) is 13.0 Å². The second-order valence-corrected chi connectivity index (χ2v) is 4.60. The van der Waals surface area contributed by atoms with Crippen LogP contribution in [0.3, 0.4) is 0 Å². The summed E-state index contributed by atoms with van der Waals surface area (Å²) in [4.78, 5) is 2.41. The van der Waals surface area contributed by atoms with E-state index < -0.39 is 0 Å². The van der Waals surface area contributed by atoms with Gasteiger partial charge in [-0.05, 0) is 25.8 Å². The molecule has 1 atom stereocenters. The van der Waals surface area contributed by atoms with Crippen LogP contribution >= 0.6 is 0 Å². The number of ether oxygens (including phenoxy) is 1. The first kappa shape index (κ1) is 10.0. The number of likely N-dealkylation sites (N-methyl/N-ethyl adjacent to an activating group) is 1. The molecule has 1 heterocycles. The zero-order valence-corrected chi connectivity index (χ0v) is 8.76. The van der Waals surface area contributed by atoms with Crippen LogP contribution in [0.25, 0.3) is 0 Å². The van der Waals surface area contributed by atoms with Gasteiger partial charge in [-0.3, -0.25) is 0 Å². The standard InChI is InChI=1S/C10H21NO/c1-5-12-7-9-6-10(2,3)8-11(9)4/h9H,5-8H2,1-4H3/t9-/m0/s1. The fraction of sp³-hybridized carbons (Fsp3) is 1.00. The summed E-state index contributed by atoms with van der Waals surface area (Å²) >= 11 is 0. The summed E-state index contributed by atoms with van der Waals surface area (Å²) in [5, 5.41) is 0.